The highest BCUT2D eigenvalue weighted by molar-refractivity contribution is 7.13. The quantitative estimate of drug-likeness (QED) is 0.512. The minimum absolute atomic E-state index is 0.0634. The van der Waals surface area contributed by atoms with Crippen molar-refractivity contribution in [1.82, 2.24) is 9.99 Å². The van der Waals surface area contributed by atoms with Crippen LogP contribution in [0.1, 0.15) is 24.2 Å². The van der Waals surface area contributed by atoms with Gasteiger partial charge in [-0.25, -0.2) is 5.84 Å². The molecule has 0 radical (unpaired) electrons. The second-order valence-electron chi connectivity index (χ2n) is 4.89. The molecule has 106 valence electrons. The van der Waals surface area contributed by atoms with Crippen LogP contribution in [0, 0.1) is 5.92 Å². The van der Waals surface area contributed by atoms with Crippen LogP contribution in [-0.4, -0.2) is 10.5 Å². The molecule has 0 aliphatic heterocycles. The Morgan fingerprint density at radius 2 is 2.15 bits per heavy atom. The molecule has 0 saturated carbocycles. The summed E-state index contributed by atoms with van der Waals surface area (Å²) in [5, 5.41) is 1.96. The number of hydrazine groups is 1. The van der Waals surface area contributed by atoms with Gasteiger partial charge in [0.2, 0.25) is 0 Å². The molecule has 0 atom stereocenters. The van der Waals surface area contributed by atoms with Gasteiger partial charge in [-0.3, -0.25) is 15.0 Å². The molecule has 2 aromatic heterocycles. The monoisotopic (exact) mass is 291 g/mol. The average molecular weight is 291 g/mol. The number of amides is 1. The lowest BCUT2D eigenvalue weighted by Gasteiger charge is -2.15. The maximum Gasteiger partial charge on any atom is 0.270 e. The summed E-state index contributed by atoms with van der Waals surface area (Å²) < 4.78 is 1.64. The highest BCUT2D eigenvalue weighted by Gasteiger charge is 2.16. The number of hydrogen-bond acceptors (Lipinski definition) is 4. The number of nitrogens with zero attached hydrogens (tertiary/aromatic N) is 1. The van der Waals surface area contributed by atoms with Crippen LogP contribution in [0.15, 0.2) is 34.4 Å². The average Bonchev–Trinajstić information content (AvgIpc) is 2.93. The zero-order valence-electron chi connectivity index (χ0n) is 11.4. The lowest BCUT2D eigenvalue weighted by Crippen LogP contribution is -2.37. The zero-order valence-corrected chi connectivity index (χ0v) is 12.2. The molecule has 0 aliphatic carbocycles. The Kier molecular flexibility index (Phi) is 4.36. The number of nitrogen functional groups attached to an aromatic ring is 1. The van der Waals surface area contributed by atoms with E-state index in [0.717, 1.165) is 10.6 Å². The van der Waals surface area contributed by atoms with E-state index in [1.165, 1.54) is 6.07 Å². The largest absolute Gasteiger partial charge is 0.307 e. The molecular formula is C14H17N3O2S. The molecule has 6 heteroatoms. The number of rotatable bonds is 4. The Labute approximate surface area is 121 Å². The third kappa shape index (κ3) is 2.81. The van der Waals surface area contributed by atoms with Crippen molar-refractivity contribution in [3.8, 4) is 10.6 Å². The van der Waals surface area contributed by atoms with Crippen LogP contribution in [0.4, 0.5) is 0 Å². The Morgan fingerprint density at radius 1 is 1.40 bits per heavy atom. The van der Waals surface area contributed by atoms with E-state index in [2.05, 4.69) is 0 Å². The van der Waals surface area contributed by atoms with Gasteiger partial charge >= 0.3 is 0 Å². The molecule has 0 fully saturated rings. The van der Waals surface area contributed by atoms with Gasteiger partial charge in [0.25, 0.3) is 11.5 Å². The molecule has 2 aromatic rings. The van der Waals surface area contributed by atoms with Crippen LogP contribution in [0.2, 0.25) is 0 Å². The van der Waals surface area contributed by atoms with Crippen LogP contribution in [0.3, 0.4) is 0 Å². The van der Waals surface area contributed by atoms with Crippen molar-refractivity contribution in [3.63, 3.8) is 0 Å². The lowest BCUT2D eigenvalue weighted by atomic mass is 10.1. The number of aromatic nitrogens is 1. The molecule has 0 aromatic carbocycles. The first kappa shape index (κ1) is 14.5. The van der Waals surface area contributed by atoms with Gasteiger partial charge in [-0.2, -0.15) is 0 Å². The number of pyridine rings is 1. The van der Waals surface area contributed by atoms with Crippen molar-refractivity contribution in [1.29, 1.82) is 0 Å². The molecule has 0 aliphatic rings. The van der Waals surface area contributed by atoms with Gasteiger partial charge < -0.3 is 4.57 Å². The molecule has 0 unspecified atom stereocenters. The molecule has 0 spiro atoms. The second kappa shape index (κ2) is 6.02. The van der Waals surface area contributed by atoms with Crippen LogP contribution in [0.25, 0.3) is 10.6 Å². The normalized spacial score (nSPS) is 10.8. The van der Waals surface area contributed by atoms with E-state index < -0.39 is 5.91 Å². The molecule has 1 amide bonds. The maximum absolute atomic E-state index is 12.5. The molecule has 2 heterocycles. The molecule has 0 bridgehead atoms. The first-order valence-corrected chi connectivity index (χ1v) is 7.21. The number of carbonyl (C=O) groups excluding carboxylic acids is 1. The predicted molar refractivity (Wildman–Crippen MR) is 80.5 cm³/mol. The van der Waals surface area contributed by atoms with E-state index in [1.54, 1.807) is 22.0 Å². The highest BCUT2D eigenvalue weighted by Crippen LogP contribution is 2.24. The highest BCUT2D eigenvalue weighted by atomic mass is 32.1. The third-order valence-electron chi connectivity index (χ3n) is 2.87. The summed E-state index contributed by atoms with van der Waals surface area (Å²) in [4.78, 5) is 25.1. The van der Waals surface area contributed by atoms with Crippen molar-refractivity contribution in [2.45, 2.75) is 20.4 Å². The van der Waals surface area contributed by atoms with Gasteiger partial charge in [0, 0.05) is 6.54 Å². The first-order valence-electron chi connectivity index (χ1n) is 6.33. The Bertz CT molecular complexity index is 660. The van der Waals surface area contributed by atoms with Crippen LogP contribution >= 0.6 is 11.3 Å². The smallest absolute Gasteiger partial charge is 0.270 e. The molecule has 5 nitrogen and oxygen atoms in total. The van der Waals surface area contributed by atoms with Gasteiger partial charge in [-0.05, 0) is 29.5 Å². The van der Waals surface area contributed by atoms with Crippen LogP contribution in [-0.2, 0) is 6.54 Å². The van der Waals surface area contributed by atoms with Gasteiger partial charge in [-0.15, -0.1) is 11.3 Å². The molecule has 2 rings (SSSR count). The van der Waals surface area contributed by atoms with E-state index in [0.29, 0.717) is 12.5 Å². The summed E-state index contributed by atoms with van der Waals surface area (Å²) in [6, 6.07) is 7.21. The van der Waals surface area contributed by atoms with Crippen molar-refractivity contribution < 1.29 is 4.79 Å². The van der Waals surface area contributed by atoms with E-state index >= 15 is 0 Å². The fraction of sp³-hybridized carbons (Fsp3) is 0.286. The molecule has 0 saturated heterocycles. The van der Waals surface area contributed by atoms with Gasteiger partial charge in [-0.1, -0.05) is 19.9 Å². The van der Waals surface area contributed by atoms with Gasteiger partial charge in [0.05, 0.1) is 10.6 Å². The Morgan fingerprint density at radius 3 is 2.70 bits per heavy atom. The summed E-state index contributed by atoms with van der Waals surface area (Å²) in [5.41, 5.74) is 2.58. The number of thiophene rings is 1. The Balaban J connectivity index is 2.62. The van der Waals surface area contributed by atoms with Crippen LogP contribution < -0.4 is 16.8 Å². The maximum atomic E-state index is 12.5. The van der Waals surface area contributed by atoms with Crippen molar-refractivity contribution in [2.75, 3.05) is 0 Å². The third-order valence-corrected chi connectivity index (χ3v) is 3.76. The number of nitrogens with two attached hydrogens (primary N) is 1. The predicted octanol–water partition coefficient (Wildman–Crippen LogP) is 1.84. The fourth-order valence-corrected chi connectivity index (χ4v) is 2.77. The number of hydrogen-bond donors (Lipinski definition) is 2. The number of carbonyl (C=O) groups is 1. The van der Waals surface area contributed by atoms with Crippen LogP contribution in [0.5, 0.6) is 0 Å². The van der Waals surface area contributed by atoms with E-state index in [1.807, 2.05) is 36.8 Å². The topological polar surface area (TPSA) is 77.1 Å². The van der Waals surface area contributed by atoms with Crippen molar-refractivity contribution in [3.05, 3.63) is 45.6 Å². The van der Waals surface area contributed by atoms with Gasteiger partial charge in [0.1, 0.15) is 5.56 Å². The van der Waals surface area contributed by atoms with Crippen molar-refractivity contribution in [2.24, 2.45) is 11.8 Å². The minimum atomic E-state index is -0.565. The lowest BCUT2D eigenvalue weighted by molar-refractivity contribution is 0.0951. The summed E-state index contributed by atoms with van der Waals surface area (Å²) in [6.45, 7) is 4.61. The van der Waals surface area contributed by atoms with E-state index in [4.69, 9.17) is 5.84 Å². The van der Waals surface area contributed by atoms with E-state index in [-0.39, 0.29) is 11.1 Å². The summed E-state index contributed by atoms with van der Waals surface area (Å²) in [7, 11) is 0. The van der Waals surface area contributed by atoms with E-state index in [9.17, 15) is 9.59 Å². The van der Waals surface area contributed by atoms with Crippen molar-refractivity contribution >= 4 is 17.2 Å². The zero-order chi connectivity index (χ0) is 14.7. The first-order chi connectivity index (χ1) is 9.54. The SMILES string of the molecule is CC(C)Cn1c(-c2cccs2)ccc(C(=O)NN)c1=O. The van der Waals surface area contributed by atoms with Gasteiger partial charge in [0.15, 0.2) is 0 Å². The number of nitrogens with one attached hydrogen (secondary N) is 1. The standard InChI is InChI=1S/C14H17N3O2S/c1-9(2)8-17-11(12-4-3-7-20-12)6-5-10(14(17)19)13(18)16-15/h3-7,9H,8,15H2,1-2H3,(H,16,18). The minimum Gasteiger partial charge on any atom is -0.307 e. The molecular weight excluding hydrogens is 274 g/mol. The Hall–Kier alpha value is -1.92. The summed E-state index contributed by atoms with van der Waals surface area (Å²) in [5.74, 6) is 4.84. The summed E-state index contributed by atoms with van der Waals surface area (Å²) in [6.07, 6.45) is 0. The fourth-order valence-electron chi connectivity index (χ4n) is 2.01. The molecule has 3 N–H and O–H groups in total. The molecule has 20 heavy (non-hydrogen) atoms. The second-order valence-corrected chi connectivity index (χ2v) is 5.84. The summed E-state index contributed by atoms with van der Waals surface area (Å²) >= 11 is 1.56.